The Balaban J connectivity index is 1.88. The first-order valence-electron chi connectivity index (χ1n) is 9.14. The standard InChI is InChI=1S/C20H27N3O4/c1-3-17-6-4-7-18(14-17)27-15-19(24)23(12-8-20(25)26-2)11-5-10-22-13-9-21-16-22/h4,6-7,9,13-14,16H,3,5,8,10-12,15H2,1-2H3. The molecular formula is C20H27N3O4. The number of benzene rings is 1. The average Bonchev–Trinajstić information content (AvgIpc) is 3.22. The third-order valence-corrected chi connectivity index (χ3v) is 4.24. The van der Waals surface area contributed by atoms with Gasteiger partial charge in [-0.05, 0) is 30.5 Å². The molecule has 0 fully saturated rings. The highest BCUT2D eigenvalue weighted by Crippen LogP contribution is 2.14. The van der Waals surface area contributed by atoms with Crippen LogP contribution >= 0.6 is 0 Å². The molecule has 0 unspecified atom stereocenters. The molecule has 1 aromatic carbocycles. The van der Waals surface area contributed by atoms with Gasteiger partial charge < -0.3 is 18.9 Å². The molecule has 0 aliphatic rings. The van der Waals surface area contributed by atoms with Crippen molar-refractivity contribution in [1.82, 2.24) is 14.5 Å². The highest BCUT2D eigenvalue weighted by Gasteiger charge is 2.16. The van der Waals surface area contributed by atoms with Crippen molar-refractivity contribution in [2.24, 2.45) is 0 Å². The number of rotatable bonds is 11. The fourth-order valence-electron chi connectivity index (χ4n) is 2.64. The van der Waals surface area contributed by atoms with E-state index in [9.17, 15) is 9.59 Å². The van der Waals surface area contributed by atoms with E-state index >= 15 is 0 Å². The topological polar surface area (TPSA) is 73.7 Å². The van der Waals surface area contributed by atoms with E-state index in [1.54, 1.807) is 17.4 Å². The lowest BCUT2D eigenvalue weighted by Gasteiger charge is -2.22. The summed E-state index contributed by atoms with van der Waals surface area (Å²) in [6, 6.07) is 7.71. The van der Waals surface area contributed by atoms with Crippen molar-refractivity contribution >= 4 is 11.9 Å². The van der Waals surface area contributed by atoms with E-state index in [0.29, 0.717) is 18.8 Å². The van der Waals surface area contributed by atoms with Gasteiger partial charge in [0.25, 0.3) is 5.91 Å². The number of amides is 1. The number of esters is 1. The molecule has 0 aliphatic heterocycles. The van der Waals surface area contributed by atoms with Gasteiger partial charge in [-0.3, -0.25) is 9.59 Å². The largest absolute Gasteiger partial charge is 0.484 e. The molecule has 146 valence electrons. The van der Waals surface area contributed by atoms with Gasteiger partial charge in [0.15, 0.2) is 6.61 Å². The van der Waals surface area contributed by atoms with E-state index < -0.39 is 0 Å². The molecule has 0 aliphatic carbocycles. The minimum atomic E-state index is -0.334. The Morgan fingerprint density at radius 2 is 2.11 bits per heavy atom. The highest BCUT2D eigenvalue weighted by molar-refractivity contribution is 5.78. The van der Waals surface area contributed by atoms with Gasteiger partial charge >= 0.3 is 5.97 Å². The molecule has 0 saturated heterocycles. The first-order valence-corrected chi connectivity index (χ1v) is 9.14. The Bertz CT molecular complexity index is 716. The van der Waals surface area contributed by atoms with Crippen molar-refractivity contribution in [2.75, 3.05) is 26.8 Å². The minimum Gasteiger partial charge on any atom is -0.484 e. The number of hydrogen-bond acceptors (Lipinski definition) is 5. The molecular weight excluding hydrogens is 346 g/mol. The van der Waals surface area contributed by atoms with Crippen LogP contribution in [-0.2, 0) is 27.3 Å². The van der Waals surface area contributed by atoms with E-state index in [0.717, 1.165) is 24.9 Å². The average molecular weight is 373 g/mol. The third kappa shape index (κ3) is 7.13. The minimum absolute atomic E-state index is 0.0561. The summed E-state index contributed by atoms with van der Waals surface area (Å²) >= 11 is 0. The summed E-state index contributed by atoms with van der Waals surface area (Å²) in [4.78, 5) is 29.7. The summed E-state index contributed by atoms with van der Waals surface area (Å²) < 4.78 is 12.3. The first kappa shape index (κ1) is 20.5. The maximum Gasteiger partial charge on any atom is 0.307 e. The van der Waals surface area contributed by atoms with Crippen LogP contribution in [0.15, 0.2) is 43.0 Å². The number of nitrogens with zero attached hydrogens (tertiary/aromatic N) is 3. The summed E-state index contributed by atoms with van der Waals surface area (Å²) in [6.45, 7) is 3.61. The molecule has 0 spiro atoms. The molecule has 7 nitrogen and oxygen atoms in total. The van der Waals surface area contributed by atoms with E-state index in [2.05, 4.69) is 16.6 Å². The van der Waals surface area contributed by atoms with Gasteiger partial charge in [-0.15, -0.1) is 0 Å². The number of aromatic nitrogens is 2. The van der Waals surface area contributed by atoms with Gasteiger partial charge in [0, 0.05) is 32.0 Å². The smallest absolute Gasteiger partial charge is 0.307 e. The summed E-state index contributed by atoms with van der Waals surface area (Å²) in [5, 5.41) is 0. The SMILES string of the molecule is CCc1cccc(OCC(=O)N(CCCn2ccnc2)CCC(=O)OC)c1. The van der Waals surface area contributed by atoms with Gasteiger partial charge in [-0.25, -0.2) is 4.98 Å². The molecule has 0 radical (unpaired) electrons. The molecule has 1 amide bonds. The predicted octanol–water partition coefficient (Wildman–Crippen LogP) is 2.31. The quantitative estimate of drug-likeness (QED) is 0.565. The molecule has 0 N–H and O–H groups in total. The van der Waals surface area contributed by atoms with E-state index in [-0.39, 0.29) is 24.9 Å². The third-order valence-electron chi connectivity index (χ3n) is 4.24. The molecule has 2 aromatic rings. The molecule has 0 saturated carbocycles. The second-order valence-corrected chi connectivity index (χ2v) is 6.15. The predicted molar refractivity (Wildman–Crippen MR) is 101 cm³/mol. The lowest BCUT2D eigenvalue weighted by molar-refractivity contribution is -0.142. The zero-order chi connectivity index (χ0) is 19.5. The van der Waals surface area contributed by atoms with Crippen molar-refractivity contribution in [2.45, 2.75) is 32.7 Å². The van der Waals surface area contributed by atoms with Crippen LogP contribution in [0.2, 0.25) is 0 Å². The lowest BCUT2D eigenvalue weighted by Crippen LogP contribution is -2.37. The van der Waals surface area contributed by atoms with Gasteiger partial charge in [-0.1, -0.05) is 19.1 Å². The van der Waals surface area contributed by atoms with Crippen molar-refractivity contribution < 1.29 is 19.1 Å². The van der Waals surface area contributed by atoms with E-state index in [1.807, 2.05) is 35.0 Å². The van der Waals surface area contributed by atoms with Crippen LogP contribution in [0.5, 0.6) is 5.75 Å². The van der Waals surface area contributed by atoms with Crippen LogP contribution in [-0.4, -0.2) is 53.1 Å². The van der Waals surface area contributed by atoms with Crippen molar-refractivity contribution in [3.05, 3.63) is 48.5 Å². The van der Waals surface area contributed by atoms with Gasteiger partial charge in [0.05, 0.1) is 19.9 Å². The Hall–Kier alpha value is -2.83. The summed E-state index contributed by atoms with van der Waals surface area (Å²) in [6.07, 6.45) is 7.17. The lowest BCUT2D eigenvalue weighted by atomic mass is 10.2. The summed E-state index contributed by atoms with van der Waals surface area (Å²) in [5.41, 5.74) is 1.16. The van der Waals surface area contributed by atoms with Gasteiger partial charge in [0.2, 0.25) is 0 Å². The van der Waals surface area contributed by atoms with Gasteiger partial charge in [-0.2, -0.15) is 0 Å². The number of hydrogen-bond donors (Lipinski definition) is 0. The monoisotopic (exact) mass is 373 g/mol. The highest BCUT2D eigenvalue weighted by atomic mass is 16.5. The second-order valence-electron chi connectivity index (χ2n) is 6.15. The molecule has 27 heavy (non-hydrogen) atoms. The van der Waals surface area contributed by atoms with Crippen LogP contribution in [0, 0.1) is 0 Å². The summed E-state index contributed by atoms with van der Waals surface area (Å²) in [5.74, 6) is 0.194. The normalized spacial score (nSPS) is 10.4. The van der Waals surface area contributed by atoms with Crippen LogP contribution in [0.4, 0.5) is 0 Å². The molecule has 7 heteroatoms. The van der Waals surface area contributed by atoms with Crippen molar-refractivity contribution in [3.63, 3.8) is 0 Å². The molecule has 1 heterocycles. The number of carbonyl (C=O) groups excluding carboxylic acids is 2. The number of ether oxygens (including phenoxy) is 2. The fraction of sp³-hybridized carbons (Fsp3) is 0.450. The van der Waals surface area contributed by atoms with Crippen molar-refractivity contribution in [1.29, 1.82) is 0 Å². The Morgan fingerprint density at radius 1 is 1.26 bits per heavy atom. The van der Waals surface area contributed by atoms with Crippen LogP contribution < -0.4 is 4.74 Å². The van der Waals surface area contributed by atoms with Crippen LogP contribution in [0.3, 0.4) is 0 Å². The number of carbonyl (C=O) groups is 2. The number of aryl methyl sites for hydroxylation is 2. The Labute approximate surface area is 159 Å². The Kier molecular flexibility index (Phi) is 8.35. The van der Waals surface area contributed by atoms with E-state index in [1.165, 1.54) is 7.11 Å². The first-order chi connectivity index (χ1) is 13.1. The zero-order valence-corrected chi connectivity index (χ0v) is 16.0. The van der Waals surface area contributed by atoms with Crippen LogP contribution in [0.25, 0.3) is 0 Å². The van der Waals surface area contributed by atoms with Gasteiger partial charge in [0.1, 0.15) is 5.75 Å². The molecule has 2 rings (SSSR count). The second kappa shape index (κ2) is 11.0. The fourth-order valence-corrected chi connectivity index (χ4v) is 2.64. The molecule has 1 aromatic heterocycles. The zero-order valence-electron chi connectivity index (χ0n) is 16.0. The number of methoxy groups -OCH3 is 1. The Morgan fingerprint density at radius 3 is 2.81 bits per heavy atom. The van der Waals surface area contributed by atoms with E-state index in [4.69, 9.17) is 4.74 Å². The number of imidazole rings is 1. The molecule has 0 atom stereocenters. The maximum atomic E-state index is 12.6. The molecule has 0 bridgehead atoms. The summed E-state index contributed by atoms with van der Waals surface area (Å²) in [7, 11) is 1.34. The van der Waals surface area contributed by atoms with Crippen molar-refractivity contribution in [3.8, 4) is 5.75 Å². The maximum absolute atomic E-state index is 12.6. The van der Waals surface area contributed by atoms with Crippen LogP contribution in [0.1, 0.15) is 25.3 Å².